The van der Waals surface area contributed by atoms with E-state index in [4.69, 9.17) is 0 Å². The van der Waals surface area contributed by atoms with Gasteiger partial charge in [0.2, 0.25) is 5.91 Å². The molecule has 104 valence electrons. The van der Waals surface area contributed by atoms with E-state index >= 15 is 0 Å². The van der Waals surface area contributed by atoms with Gasteiger partial charge in [0.1, 0.15) is 0 Å². The van der Waals surface area contributed by atoms with E-state index in [1.165, 1.54) is 11.3 Å². The Balaban J connectivity index is 1.98. The van der Waals surface area contributed by atoms with Crippen LogP contribution in [-0.4, -0.2) is 42.9 Å². The van der Waals surface area contributed by atoms with Crippen molar-refractivity contribution in [2.45, 2.75) is 25.8 Å². The van der Waals surface area contributed by atoms with Gasteiger partial charge in [-0.25, -0.2) is 0 Å². The molecule has 1 aliphatic rings. The van der Waals surface area contributed by atoms with Gasteiger partial charge in [0, 0.05) is 13.1 Å². The maximum Gasteiger partial charge on any atom is 0.263 e. The molecule has 19 heavy (non-hydrogen) atoms. The molecule has 1 aromatic rings. The lowest BCUT2D eigenvalue weighted by Crippen LogP contribution is -2.35. The van der Waals surface area contributed by atoms with Gasteiger partial charge in [0.05, 0.1) is 15.9 Å². The fourth-order valence-electron chi connectivity index (χ4n) is 1.96. The van der Waals surface area contributed by atoms with Crippen molar-refractivity contribution < 1.29 is 9.59 Å². The number of carbonyl (C=O) groups excluding carboxylic acids is 2. The molecule has 0 aliphatic carbocycles. The molecule has 1 aromatic heterocycles. The second-order valence-electron chi connectivity index (χ2n) is 4.66. The highest BCUT2D eigenvalue weighted by molar-refractivity contribution is 7.18. The van der Waals surface area contributed by atoms with Gasteiger partial charge in [0.25, 0.3) is 5.91 Å². The molecule has 2 heterocycles. The highest BCUT2D eigenvalue weighted by Crippen LogP contribution is 2.24. The third kappa shape index (κ3) is 3.33. The minimum atomic E-state index is -0.250. The number of thiophene rings is 1. The van der Waals surface area contributed by atoms with E-state index in [0.29, 0.717) is 4.88 Å². The molecule has 2 rings (SSSR count). The third-order valence-corrected chi connectivity index (χ3v) is 4.27. The van der Waals surface area contributed by atoms with Crippen LogP contribution in [0.5, 0.6) is 0 Å². The van der Waals surface area contributed by atoms with E-state index in [-0.39, 0.29) is 17.9 Å². The van der Waals surface area contributed by atoms with Crippen molar-refractivity contribution in [1.82, 2.24) is 10.2 Å². The van der Waals surface area contributed by atoms with Crippen LogP contribution in [0.2, 0.25) is 0 Å². The normalized spacial score (nSPS) is 16.4. The lowest BCUT2D eigenvalue weighted by atomic mass is 10.3. The van der Waals surface area contributed by atoms with Crippen molar-refractivity contribution >= 4 is 28.2 Å². The zero-order valence-electron chi connectivity index (χ0n) is 11.2. The molecular formula is C13H19N3O2S. The summed E-state index contributed by atoms with van der Waals surface area (Å²) in [6, 6.07) is 3.32. The molecule has 5 nitrogen and oxygen atoms in total. The van der Waals surface area contributed by atoms with Gasteiger partial charge < -0.3 is 15.5 Å². The molecule has 1 saturated heterocycles. The molecule has 0 aromatic carbocycles. The summed E-state index contributed by atoms with van der Waals surface area (Å²) >= 11 is 1.33. The molecule has 1 fully saturated rings. The average molecular weight is 281 g/mol. The SMILES string of the molecule is CN[C@@H](C)C(=O)Nc1ccc(C(=O)N2CCCC2)s1. The molecule has 2 amide bonds. The van der Waals surface area contributed by atoms with Crippen LogP contribution in [0.4, 0.5) is 5.00 Å². The number of hydrogen-bond acceptors (Lipinski definition) is 4. The predicted molar refractivity (Wildman–Crippen MR) is 76.6 cm³/mol. The van der Waals surface area contributed by atoms with Gasteiger partial charge in [-0.1, -0.05) is 0 Å². The van der Waals surface area contributed by atoms with Crippen molar-refractivity contribution in [1.29, 1.82) is 0 Å². The first-order chi connectivity index (χ1) is 9.11. The predicted octanol–water partition coefficient (Wildman–Crippen LogP) is 1.53. The maximum atomic E-state index is 12.1. The smallest absolute Gasteiger partial charge is 0.263 e. The van der Waals surface area contributed by atoms with E-state index < -0.39 is 0 Å². The fraction of sp³-hybridized carbons (Fsp3) is 0.538. The summed E-state index contributed by atoms with van der Waals surface area (Å²) in [4.78, 5) is 26.4. The van der Waals surface area contributed by atoms with Crippen LogP contribution in [0.15, 0.2) is 12.1 Å². The van der Waals surface area contributed by atoms with Crippen molar-refractivity contribution in [2.24, 2.45) is 0 Å². The quantitative estimate of drug-likeness (QED) is 0.880. The topological polar surface area (TPSA) is 61.4 Å². The summed E-state index contributed by atoms with van der Waals surface area (Å²) in [5.74, 6) is -0.0193. The second-order valence-corrected chi connectivity index (χ2v) is 5.75. The number of carbonyl (C=O) groups is 2. The van der Waals surface area contributed by atoms with E-state index in [1.54, 1.807) is 26.1 Å². The van der Waals surface area contributed by atoms with E-state index in [1.807, 2.05) is 4.90 Å². The minimum Gasteiger partial charge on any atom is -0.338 e. The molecule has 6 heteroatoms. The number of hydrogen-bond donors (Lipinski definition) is 2. The Labute approximate surface area is 117 Å². The van der Waals surface area contributed by atoms with Gasteiger partial charge in [0.15, 0.2) is 0 Å². The molecule has 0 unspecified atom stereocenters. The Morgan fingerprint density at radius 3 is 2.63 bits per heavy atom. The standard InChI is InChI=1S/C13H19N3O2S/c1-9(14-2)12(17)15-11-6-5-10(19-11)13(18)16-7-3-4-8-16/h5-6,9,14H,3-4,7-8H2,1-2H3,(H,15,17)/t9-/m0/s1. The van der Waals surface area contributed by atoms with E-state index in [2.05, 4.69) is 10.6 Å². The van der Waals surface area contributed by atoms with Crippen LogP contribution in [0.1, 0.15) is 29.4 Å². The van der Waals surface area contributed by atoms with Crippen molar-refractivity contribution in [3.05, 3.63) is 17.0 Å². The van der Waals surface area contributed by atoms with Gasteiger partial charge >= 0.3 is 0 Å². The van der Waals surface area contributed by atoms with Crippen LogP contribution in [0.25, 0.3) is 0 Å². The second kappa shape index (κ2) is 6.16. The van der Waals surface area contributed by atoms with Gasteiger partial charge in [-0.2, -0.15) is 0 Å². The number of amides is 2. The Bertz CT molecular complexity index is 466. The lowest BCUT2D eigenvalue weighted by Gasteiger charge is -2.13. The monoisotopic (exact) mass is 281 g/mol. The number of anilines is 1. The number of nitrogens with zero attached hydrogens (tertiary/aromatic N) is 1. The van der Waals surface area contributed by atoms with Gasteiger partial charge in [-0.3, -0.25) is 9.59 Å². The lowest BCUT2D eigenvalue weighted by molar-refractivity contribution is -0.117. The first-order valence-corrected chi connectivity index (χ1v) is 7.30. The zero-order valence-corrected chi connectivity index (χ0v) is 12.0. The first-order valence-electron chi connectivity index (χ1n) is 6.49. The number of likely N-dealkylation sites (tertiary alicyclic amines) is 1. The van der Waals surface area contributed by atoms with E-state index in [0.717, 1.165) is 30.9 Å². The molecule has 0 radical (unpaired) electrons. The van der Waals surface area contributed by atoms with E-state index in [9.17, 15) is 9.59 Å². The van der Waals surface area contributed by atoms with Gasteiger partial charge in [-0.05, 0) is 38.9 Å². The Kier molecular flexibility index (Phi) is 4.55. The highest BCUT2D eigenvalue weighted by Gasteiger charge is 2.21. The molecule has 2 N–H and O–H groups in total. The number of nitrogens with one attached hydrogen (secondary N) is 2. The Hall–Kier alpha value is -1.40. The summed E-state index contributed by atoms with van der Waals surface area (Å²) in [5, 5.41) is 6.40. The van der Waals surface area contributed by atoms with Crippen molar-refractivity contribution in [2.75, 3.05) is 25.5 Å². The Morgan fingerprint density at radius 2 is 2.00 bits per heavy atom. The number of likely N-dealkylation sites (N-methyl/N-ethyl adjacent to an activating group) is 1. The van der Waals surface area contributed by atoms with Gasteiger partial charge in [-0.15, -0.1) is 11.3 Å². The average Bonchev–Trinajstić information content (AvgIpc) is 3.07. The number of rotatable bonds is 4. The first kappa shape index (κ1) is 14.0. The molecule has 1 aliphatic heterocycles. The van der Waals surface area contributed by atoms with Crippen LogP contribution < -0.4 is 10.6 Å². The van der Waals surface area contributed by atoms with Crippen molar-refractivity contribution in [3.8, 4) is 0 Å². The Morgan fingerprint density at radius 1 is 1.32 bits per heavy atom. The highest BCUT2D eigenvalue weighted by atomic mass is 32.1. The summed E-state index contributed by atoms with van der Waals surface area (Å²) in [6.45, 7) is 3.48. The summed E-state index contributed by atoms with van der Waals surface area (Å²) in [7, 11) is 1.74. The zero-order chi connectivity index (χ0) is 13.8. The summed E-state index contributed by atoms with van der Waals surface area (Å²) in [6.07, 6.45) is 2.17. The van der Waals surface area contributed by atoms with Crippen LogP contribution in [-0.2, 0) is 4.79 Å². The molecule has 0 bridgehead atoms. The largest absolute Gasteiger partial charge is 0.338 e. The van der Waals surface area contributed by atoms with Crippen LogP contribution >= 0.6 is 11.3 Å². The minimum absolute atomic E-state index is 0.0738. The maximum absolute atomic E-state index is 12.1. The molecular weight excluding hydrogens is 262 g/mol. The third-order valence-electron chi connectivity index (χ3n) is 3.28. The molecule has 1 atom stereocenters. The van der Waals surface area contributed by atoms with Crippen LogP contribution in [0.3, 0.4) is 0 Å². The molecule has 0 spiro atoms. The summed E-state index contributed by atoms with van der Waals surface area (Å²) in [5.41, 5.74) is 0. The summed E-state index contributed by atoms with van der Waals surface area (Å²) < 4.78 is 0. The van der Waals surface area contributed by atoms with Crippen LogP contribution in [0, 0.1) is 0 Å². The van der Waals surface area contributed by atoms with Crippen molar-refractivity contribution in [3.63, 3.8) is 0 Å². The molecule has 0 saturated carbocycles. The fourth-order valence-corrected chi connectivity index (χ4v) is 2.83.